The molecule has 0 saturated heterocycles. The highest BCUT2D eigenvalue weighted by molar-refractivity contribution is 5.82. The average molecular weight is 306 g/mol. The number of rotatable bonds is 5. The fourth-order valence-electron chi connectivity index (χ4n) is 1.59. The highest BCUT2D eigenvalue weighted by atomic mass is 16.6. The molecular formula is C15H18N2O5. The Morgan fingerprint density at radius 1 is 1.41 bits per heavy atom. The van der Waals surface area contributed by atoms with Crippen LogP contribution in [0.4, 0.5) is 10.5 Å². The number of ether oxygens (including phenoxy) is 1. The summed E-state index contributed by atoms with van der Waals surface area (Å²) in [5.74, 6) is 0. The van der Waals surface area contributed by atoms with Crippen LogP contribution in [-0.4, -0.2) is 29.4 Å². The van der Waals surface area contributed by atoms with E-state index < -0.39 is 16.6 Å². The van der Waals surface area contributed by atoms with Crippen molar-refractivity contribution in [3.63, 3.8) is 0 Å². The van der Waals surface area contributed by atoms with Crippen LogP contribution in [-0.2, 0) is 4.74 Å². The van der Waals surface area contributed by atoms with Gasteiger partial charge in [0.25, 0.3) is 5.69 Å². The normalized spacial score (nSPS) is 11.2. The zero-order valence-electron chi connectivity index (χ0n) is 12.7. The van der Waals surface area contributed by atoms with E-state index in [4.69, 9.17) is 4.74 Å². The topological polar surface area (TPSA) is 98.5 Å². The van der Waals surface area contributed by atoms with Crippen molar-refractivity contribution in [2.45, 2.75) is 26.4 Å². The van der Waals surface area contributed by atoms with Crippen LogP contribution in [0.1, 0.15) is 36.7 Å². The first-order chi connectivity index (χ1) is 10.2. The minimum atomic E-state index is -0.610. The van der Waals surface area contributed by atoms with E-state index in [1.54, 1.807) is 32.9 Å². The molecule has 0 heterocycles. The molecule has 0 unspecified atom stereocenters. The van der Waals surface area contributed by atoms with E-state index in [1.165, 1.54) is 18.2 Å². The van der Waals surface area contributed by atoms with Crippen LogP contribution in [0.15, 0.2) is 24.3 Å². The number of hydrogen-bond donors (Lipinski definition) is 1. The van der Waals surface area contributed by atoms with Crippen molar-refractivity contribution in [2.75, 3.05) is 6.54 Å². The van der Waals surface area contributed by atoms with Crippen molar-refractivity contribution in [3.05, 3.63) is 45.5 Å². The number of nitro groups is 1. The molecule has 1 aromatic carbocycles. The van der Waals surface area contributed by atoms with E-state index in [0.29, 0.717) is 11.8 Å². The Morgan fingerprint density at radius 3 is 2.64 bits per heavy atom. The molecule has 0 atom stereocenters. The first kappa shape index (κ1) is 17.4. The lowest BCUT2D eigenvalue weighted by Gasteiger charge is -2.19. The van der Waals surface area contributed by atoms with E-state index in [1.807, 2.05) is 0 Å². The Kier molecular flexibility index (Phi) is 5.80. The van der Waals surface area contributed by atoms with Gasteiger partial charge in [-0.15, -0.1) is 0 Å². The van der Waals surface area contributed by atoms with Gasteiger partial charge in [-0.25, -0.2) is 4.79 Å². The zero-order valence-corrected chi connectivity index (χ0v) is 12.7. The summed E-state index contributed by atoms with van der Waals surface area (Å²) in [4.78, 5) is 32.3. The van der Waals surface area contributed by atoms with Gasteiger partial charge in [-0.2, -0.15) is 0 Å². The summed E-state index contributed by atoms with van der Waals surface area (Å²) >= 11 is 0. The number of nitrogens with one attached hydrogen (secondary N) is 1. The van der Waals surface area contributed by atoms with Crippen LogP contribution >= 0.6 is 0 Å². The summed E-state index contributed by atoms with van der Waals surface area (Å²) < 4.78 is 5.06. The largest absolute Gasteiger partial charge is 0.444 e. The molecule has 0 radical (unpaired) electrons. The molecule has 1 aromatic rings. The summed E-state index contributed by atoms with van der Waals surface area (Å²) in [6.45, 7) is 5.53. The number of carbonyl (C=O) groups is 2. The molecular weight excluding hydrogens is 288 g/mol. The molecule has 0 fully saturated rings. The van der Waals surface area contributed by atoms with Gasteiger partial charge < -0.3 is 10.1 Å². The van der Waals surface area contributed by atoms with Crippen LogP contribution in [0, 0.1) is 10.1 Å². The van der Waals surface area contributed by atoms with Gasteiger partial charge in [-0.3, -0.25) is 14.9 Å². The van der Waals surface area contributed by atoms with E-state index in [9.17, 15) is 19.7 Å². The first-order valence-corrected chi connectivity index (χ1v) is 6.60. The molecule has 1 amide bonds. The highest BCUT2D eigenvalue weighted by Crippen LogP contribution is 2.18. The number of hydrogen-bond acceptors (Lipinski definition) is 5. The van der Waals surface area contributed by atoms with Gasteiger partial charge in [0.15, 0.2) is 6.29 Å². The molecule has 118 valence electrons. The smallest absolute Gasteiger partial charge is 0.407 e. The van der Waals surface area contributed by atoms with Crippen LogP contribution in [0.5, 0.6) is 0 Å². The van der Waals surface area contributed by atoms with Gasteiger partial charge in [0, 0.05) is 12.6 Å². The molecule has 1 rings (SSSR count). The third-order valence-corrected chi connectivity index (χ3v) is 2.45. The zero-order chi connectivity index (χ0) is 16.8. The maximum atomic E-state index is 11.4. The monoisotopic (exact) mass is 306 g/mol. The molecule has 7 nitrogen and oxygen atoms in total. The fourth-order valence-corrected chi connectivity index (χ4v) is 1.59. The Morgan fingerprint density at radius 2 is 2.09 bits per heavy atom. The van der Waals surface area contributed by atoms with E-state index in [0.717, 1.165) is 0 Å². The second kappa shape index (κ2) is 7.35. The van der Waals surface area contributed by atoms with Crippen molar-refractivity contribution >= 4 is 24.1 Å². The van der Waals surface area contributed by atoms with Crippen molar-refractivity contribution < 1.29 is 19.2 Å². The predicted octanol–water partition coefficient (Wildman–Crippen LogP) is 2.95. The van der Waals surface area contributed by atoms with Crippen molar-refractivity contribution in [1.29, 1.82) is 0 Å². The van der Waals surface area contributed by atoms with Crippen LogP contribution in [0.3, 0.4) is 0 Å². The Hall–Kier alpha value is -2.70. The summed E-state index contributed by atoms with van der Waals surface area (Å²) in [6.07, 6.45) is 3.21. The SMILES string of the molecule is CC(C)(C)OC(=O)NCC=Cc1ccc([N+](=O)[O-])c(C=O)c1. The lowest BCUT2D eigenvalue weighted by Crippen LogP contribution is -2.32. The molecule has 22 heavy (non-hydrogen) atoms. The number of aldehydes is 1. The molecule has 7 heteroatoms. The Balaban J connectivity index is 2.62. The second-order valence-electron chi connectivity index (χ2n) is 5.48. The fraction of sp³-hybridized carbons (Fsp3) is 0.333. The number of nitro benzene ring substituents is 1. The van der Waals surface area contributed by atoms with Crippen molar-refractivity contribution in [2.24, 2.45) is 0 Å². The van der Waals surface area contributed by atoms with Gasteiger partial charge in [0.05, 0.1) is 10.5 Å². The predicted molar refractivity (Wildman–Crippen MR) is 81.8 cm³/mol. The highest BCUT2D eigenvalue weighted by Gasteiger charge is 2.15. The standard InChI is InChI=1S/C15H18N2O5/c1-15(2,3)22-14(19)16-8-4-5-11-6-7-13(17(20)21)12(9-11)10-18/h4-7,9-10H,8H2,1-3H3,(H,16,19). The second-order valence-corrected chi connectivity index (χ2v) is 5.48. The van der Waals surface area contributed by atoms with Crippen LogP contribution in [0.25, 0.3) is 6.08 Å². The van der Waals surface area contributed by atoms with Crippen molar-refractivity contribution in [3.8, 4) is 0 Å². The van der Waals surface area contributed by atoms with Gasteiger partial charge >= 0.3 is 6.09 Å². The molecule has 0 aromatic heterocycles. The maximum Gasteiger partial charge on any atom is 0.407 e. The molecule has 0 saturated carbocycles. The summed E-state index contributed by atoms with van der Waals surface area (Å²) in [5.41, 5.74) is -0.171. The Labute approximate surface area is 128 Å². The van der Waals surface area contributed by atoms with E-state index in [2.05, 4.69) is 5.32 Å². The summed E-state index contributed by atoms with van der Waals surface area (Å²) in [5, 5.41) is 13.3. The number of benzene rings is 1. The molecule has 0 bridgehead atoms. The molecule has 0 aliphatic rings. The Bertz CT molecular complexity index is 602. The number of carbonyl (C=O) groups excluding carboxylic acids is 2. The minimum Gasteiger partial charge on any atom is -0.444 e. The molecule has 0 aliphatic carbocycles. The van der Waals surface area contributed by atoms with E-state index in [-0.39, 0.29) is 17.8 Å². The number of alkyl carbamates (subject to hydrolysis) is 1. The lowest BCUT2D eigenvalue weighted by molar-refractivity contribution is -0.385. The van der Waals surface area contributed by atoms with E-state index >= 15 is 0 Å². The molecule has 0 spiro atoms. The van der Waals surface area contributed by atoms with Crippen LogP contribution < -0.4 is 5.32 Å². The van der Waals surface area contributed by atoms with Gasteiger partial charge in [-0.05, 0) is 38.5 Å². The van der Waals surface area contributed by atoms with Crippen molar-refractivity contribution in [1.82, 2.24) is 5.32 Å². The quantitative estimate of drug-likeness (QED) is 0.512. The molecule has 1 N–H and O–H groups in total. The first-order valence-electron chi connectivity index (χ1n) is 6.60. The summed E-state index contributed by atoms with van der Waals surface area (Å²) in [6, 6.07) is 4.20. The summed E-state index contributed by atoms with van der Waals surface area (Å²) in [7, 11) is 0. The average Bonchev–Trinajstić information content (AvgIpc) is 2.41. The lowest BCUT2D eigenvalue weighted by atomic mass is 10.1. The third kappa shape index (κ3) is 5.74. The maximum absolute atomic E-state index is 11.4. The minimum absolute atomic E-state index is 0.00671. The van der Waals surface area contributed by atoms with Crippen LogP contribution in [0.2, 0.25) is 0 Å². The number of nitrogens with zero attached hydrogens (tertiary/aromatic N) is 1. The number of amides is 1. The van der Waals surface area contributed by atoms with Gasteiger partial charge in [0.1, 0.15) is 5.60 Å². The van der Waals surface area contributed by atoms with Gasteiger partial charge in [0.2, 0.25) is 0 Å². The third-order valence-electron chi connectivity index (χ3n) is 2.45. The van der Waals surface area contributed by atoms with Gasteiger partial charge in [-0.1, -0.05) is 12.2 Å². The molecule has 0 aliphatic heterocycles.